The smallest absolute Gasteiger partial charge is 0.249 e. The maximum atomic E-state index is 13.1. The van der Waals surface area contributed by atoms with Crippen LogP contribution in [0.25, 0.3) is 32.9 Å². The number of primary amides is 1. The van der Waals surface area contributed by atoms with Crippen LogP contribution in [0.1, 0.15) is 45.8 Å². The number of amides is 1. The molecule has 0 atom stereocenters. The first-order chi connectivity index (χ1) is 18.9. The monoisotopic (exact) mass is 521 g/mol. The highest BCUT2D eigenvalue weighted by atomic mass is 16.5. The Balaban J connectivity index is 1.56. The lowest BCUT2D eigenvalue weighted by atomic mass is 9.91. The van der Waals surface area contributed by atoms with Crippen molar-refractivity contribution in [1.29, 1.82) is 0 Å². The number of benzene rings is 3. The first kappa shape index (κ1) is 25.1. The Morgan fingerprint density at radius 3 is 2.44 bits per heavy atom. The fourth-order valence-electron chi connectivity index (χ4n) is 5.92. The molecule has 7 nitrogen and oxygen atoms in total. The molecule has 5 aromatic rings. The SMILES string of the molecule is Cc1noc(C)c1-c1cc(C(N)=O)c2c3cc(CC(=O)C4CCOCC4)ccc3n(Cc3ccccc3)c2c1. The molecule has 198 valence electrons. The van der Waals surface area contributed by atoms with Crippen molar-refractivity contribution in [1.82, 2.24) is 9.72 Å². The van der Waals surface area contributed by atoms with Gasteiger partial charge >= 0.3 is 0 Å². The van der Waals surface area contributed by atoms with Gasteiger partial charge in [-0.05, 0) is 67.6 Å². The van der Waals surface area contributed by atoms with Crippen molar-refractivity contribution in [3.05, 3.63) is 88.8 Å². The molecule has 39 heavy (non-hydrogen) atoms. The molecule has 7 heteroatoms. The molecule has 2 aromatic heterocycles. The van der Waals surface area contributed by atoms with Crippen molar-refractivity contribution in [2.45, 2.75) is 39.7 Å². The molecule has 1 aliphatic heterocycles. The predicted molar refractivity (Wildman–Crippen MR) is 151 cm³/mol. The summed E-state index contributed by atoms with van der Waals surface area (Å²) in [5, 5.41) is 5.83. The Labute approximate surface area is 226 Å². The van der Waals surface area contributed by atoms with Gasteiger partial charge in [-0.1, -0.05) is 41.6 Å². The molecule has 0 unspecified atom stereocenters. The minimum Gasteiger partial charge on any atom is -0.381 e. The number of nitrogens with two attached hydrogens (primary N) is 1. The van der Waals surface area contributed by atoms with Crippen LogP contribution in [0.4, 0.5) is 0 Å². The zero-order valence-electron chi connectivity index (χ0n) is 22.2. The van der Waals surface area contributed by atoms with Gasteiger partial charge in [0.15, 0.2) is 0 Å². The molecule has 0 spiro atoms. The van der Waals surface area contributed by atoms with E-state index in [0.29, 0.717) is 37.5 Å². The second kappa shape index (κ2) is 10.2. The third-order valence-corrected chi connectivity index (χ3v) is 7.86. The van der Waals surface area contributed by atoms with E-state index < -0.39 is 5.91 Å². The van der Waals surface area contributed by atoms with Crippen LogP contribution in [0.15, 0.2) is 65.2 Å². The summed E-state index contributed by atoms with van der Waals surface area (Å²) in [4.78, 5) is 26.0. The van der Waals surface area contributed by atoms with Crippen molar-refractivity contribution in [2.75, 3.05) is 13.2 Å². The average molecular weight is 522 g/mol. The summed E-state index contributed by atoms with van der Waals surface area (Å²) >= 11 is 0. The Hall–Kier alpha value is -4.23. The first-order valence-corrected chi connectivity index (χ1v) is 13.4. The molecule has 0 bridgehead atoms. The molecule has 1 aliphatic rings. The number of aryl methyl sites for hydroxylation is 2. The van der Waals surface area contributed by atoms with Crippen LogP contribution in [0.2, 0.25) is 0 Å². The van der Waals surface area contributed by atoms with Crippen LogP contribution in [0.5, 0.6) is 0 Å². The summed E-state index contributed by atoms with van der Waals surface area (Å²) in [5.41, 5.74) is 12.8. The van der Waals surface area contributed by atoms with Crippen molar-refractivity contribution >= 4 is 33.5 Å². The topological polar surface area (TPSA) is 100 Å². The van der Waals surface area contributed by atoms with Gasteiger partial charge in [-0.3, -0.25) is 9.59 Å². The third-order valence-electron chi connectivity index (χ3n) is 7.86. The van der Waals surface area contributed by atoms with Crippen LogP contribution in [-0.2, 0) is 22.5 Å². The summed E-state index contributed by atoms with van der Waals surface area (Å²) in [6, 6.07) is 20.3. The molecule has 2 N–H and O–H groups in total. The van der Waals surface area contributed by atoms with Crippen molar-refractivity contribution in [3.8, 4) is 11.1 Å². The lowest BCUT2D eigenvalue weighted by Crippen LogP contribution is -2.24. The zero-order valence-corrected chi connectivity index (χ0v) is 22.2. The number of rotatable bonds is 7. The second-order valence-electron chi connectivity index (χ2n) is 10.4. The molecule has 1 fully saturated rings. The molecule has 3 aromatic carbocycles. The van der Waals surface area contributed by atoms with Gasteiger partial charge in [0, 0.05) is 59.5 Å². The molecule has 0 aliphatic carbocycles. The highest BCUT2D eigenvalue weighted by molar-refractivity contribution is 6.19. The van der Waals surface area contributed by atoms with Crippen LogP contribution in [0.3, 0.4) is 0 Å². The van der Waals surface area contributed by atoms with Gasteiger partial charge in [-0.15, -0.1) is 0 Å². The minimum absolute atomic E-state index is 0.0349. The van der Waals surface area contributed by atoms with E-state index in [2.05, 4.69) is 40.1 Å². The number of carbonyl (C=O) groups is 2. The van der Waals surface area contributed by atoms with E-state index >= 15 is 0 Å². The van der Waals surface area contributed by atoms with Crippen LogP contribution in [-0.4, -0.2) is 34.6 Å². The number of carbonyl (C=O) groups excluding carboxylic acids is 2. The first-order valence-electron chi connectivity index (χ1n) is 13.4. The van der Waals surface area contributed by atoms with Crippen molar-refractivity contribution in [3.63, 3.8) is 0 Å². The Bertz CT molecular complexity index is 1690. The molecule has 6 rings (SSSR count). The summed E-state index contributed by atoms with van der Waals surface area (Å²) in [6.45, 7) is 5.64. The van der Waals surface area contributed by atoms with Crippen LogP contribution >= 0.6 is 0 Å². The number of hydrogen-bond donors (Lipinski definition) is 1. The number of fused-ring (bicyclic) bond motifs is 3. The maximum Gasteiger partial charge on any atom is 0.249 e. The molecule has 1 amide bonds. The van der Waals surface area contributed by atoms with E-state index in [1.165, 1.54) is 0 Å². The standard InChI is InChI=1S/C32H31N3O4/c1-19-30(20(2)39-34-19)24-16-26(32(33)37)31-25-14-22(15-29(36)23-10-12-38-13-11-23)8-9-27(25)35(28(31)17-24)18-21-6-4-3-5-7-21/h3-9,14,16-17,23H,10-13,15,18H2,1-2H3,(H2,33,37). The van der Waals surface area contributed by atoms with Crippen LogP contribution < -0.4 is 5.73 Å². The van der Waals surface area contributed by atoms with Gasteiger partial charge in [0.05, 0.1) is 11.2 Å². The summed E-state index contributed by atoms with van der Waals surface area (Å²) in [6.07, 6.45) is 1.90. The third kappa shape index (κ3) is 4.63. The minimum atomic E-state index is -0.504. The van der Waals surface area contributed by atoms with Crippen molar-refractivity contribution in [2.24, 2.45) is 11.7 Å². The van der Waals surface area contributed by atoms with Gasteiger partial charge in [-0.25, -0.2) is 0 Å². The molecular formula is C32H31N3O4. The number of Topliss-reactive ketones (excluding diaryl/α,β-unsaturated/α-hetero) is 1. The van der Waals surface area contributed by atoms with Gasteiger partial charge < -0.3 is 19.6 Å². The van der Waals surface area contributed by atoms with E-state index in [1.807, 2.05) is 44.2 Å². The lowest BCUT2D eigenvalue weighted by molar-refractivity contribution is -0.125. The normalized spacial score (nSPS) is 14.3. The molecule has 0 saturated carbocycles. The van der Waals surface area contributed by atoms with E-state index in [-0.39, 0.29) is 11.7 Å². The van der Waals surface area contributed by atoms with Gasteiger partial charge in [0.25, 0.3) is 0 Å². The second-order valence-corrected chi connectivity index (χ2v) is 10.4. The molecule has 3 heterocycles. The summed E-state index contributed by atoms with van der Waals surface area (Å²) in [5.74, 6) is 0.451. The fraction of sp³-hybridized carbons (Fsp3) is 0.281. The number of nitrogens with zero attached hydrogens (tertiary/aromatic N) is 2. The van der Waals surface area contributed by atoms with E-state index in [9.17, 15) is 9.59 Å². The van der Waals surface area contributed by atoms with E-state index in [0.717, 1.165) is 62.6 Å². The Morgan fingerprint density at radius 2 is 1.74 bits per heavy atom. The summed E-state index contributed by atoms with van der Waals surface area (Å²) in [7, 11) is 0. The maximum absolute atomic E-state index is 13.1. The number of ether oxygens (including phenoxy) is 1. The number of hydrogen-bond acceptors (Lipinski definition) is 5. The molecule has 1 saturated heterocycles. The van der Waals surface area contributed by atoms with Gasteiger partial charge in [-0.2, -0.15) is 0 Å². The van der Waals surface area contributed by atoms with Gasteiger partial charge in [0.2, 0.25) is 5.91 Å². The van der Waals surface area contributed by atoms with E-state index in [4.69, 9.17) is 15.0 Å². The van der Waals surface area contributed by atoms with Crippen LogP contribution in [0, 0.1) is 19.8 Å². The summed E-state index contributed by atoms with van der Waals surface area (Å²) < 4.78 is 13.1. The molecule has 0 radical (unpaired) electrons. The average Bonchev–Trinajstić information content (AvgIpc) is 3.44. The van der Waals surface area contributed by atoms with E-state index in [1.54, 1.807) is 0 Å². The lowest BCUT2D eigenvalue weighted by Gasteiger charge is -2.20. The quantitative estimate of drug-likeness (QED) is 0.294. The Kier molecular flexibility index (Phi) is 6.53. The number of ketones is 1. The van der Waals surface area contributed by atoms with Crippen molar-refractivity contribution < 1.29 is 18.8 Å². The predicted octanol–water partition coefficient (Wildman–Crippen LogP) is 5.75. The highest BCUT2D eigenvalue weighted by Crippen LogP contribution is 2.38. The number of aromatic nitrogens is 2. The Morgan fingerprint density at radius 1 is 0.974 bits per heavy atom. The highest BCUT2D eigenvalue weighted by Gasteiger charge is 2.24. The zero-order chi connectivity index (χ0) is 27.1. The molecular weight excluding hydrogens is 490 g/mol. The largest absolute Gasteiger partial charge is 0.381 e. The van der Waals surface area contributed by atoms with Gasteiger partial charge in [0.1, 0.15) is 11.5 Å². The fourth-order valence-corrected chi connectivity index (χ4v) is 5.92.